The molecule has 0 saturated heterocycles. The number of carbonyl (C=O) groups is 1. The lowest BCUT2D eigenvalue weighted by atomic mass is 9.74. The number of pyridine rings is 1. The van der Waals surface area contributed by atoms with E-state index < -0.39 is 0 Å². The molecule has 0 N–H and O–H groups in total. The van der Waals surface area contributed by atoms with E-state index in [0.717, 1.165) is 52.6 Å². The molecule has 4 heteroatoms. The first-order chi connectivity index (χ1) is 12.4. The van der Waals surface area contributed by atoms with Crippen molar-refractivity contribution >= 4 is 27.3 Å². The predicted octanol–water partition coefficient (Wildman–Crippen LogP) is 5.84. The molecule has 26 heavy (non-hydrogen) atoms. The number of furan rings is 1. The molecule has 0 amide bonds. The number of ketones is 1. The molecule has 3 aromatic heterocycles. The van der Waals surface area contributed by atoms with Gasteiger partial charge in [-0.1, -0.05) is 20.8 Å². The predicted molar refractivity (Wildman–Crippen MR) is 105 cm³/mol. The van der Waals surface area contributed by atoms with Gasteiger partial charge in [0.1, 0.15) is 10.6 Å². The van der Waals surface area contributed by atoms with Gasteiger partial charge < -0.3 is 4.42 Å². The fraction of sp³-hybridized carbons (Fsp3) is 0.455. The van der Waals surface area contributed by atoms with Crippen molar-refractivity contribution in [2.24, 2.45) is 11.3 Å². The number of hydrogen-bond donors (Lipinski definition) is 0. The fourth-order valence-corrected chi connectivity index (χ4v) is 6.07. The minimum atomic E-state index is -0.0312. The second kappa shape index (κ2) is 5.53. The number of aryl methyl sites for hydroxylation is 1. The maximum Gasteiger partial charge on any atom is 0.166 e. The van der Waals surface area contributed by atoms with E-state index >= 15 is 0 Å². The van der Waals surface area contributed by atoms with Crippen LogP contribution in [-0.2, 0) is 19.3 Å². The van der Waals surface area contributed by atoms with Crippen LogP contribution in [0.4, 0.5) is 0 Å². The summed E-state index contributed by atoms with van der Waals surface area (Å²) in [5.41, 5.74) is 4.14. The largest absolute Gasteiger partial charge is 0.464 e. The number of Topliss-reactive ketones (excluding diaryl/α,β-unsaturated/α-hetero) is 1. The molecule has 0 fully saturated rings. The lowest BCUT2D eigenvalue weighted by Crippen LogP contribution is -2.28. The third-order valence-electron chi connectivity index (χ3n) is 5.85. The minimum Gasteiger partial charge on any atom is -0.464 e. The Morgan fingerprint density at radius 1 is 1.27 bits per heavy atom. The van der Waals surface area contributed by atoms with E-state index in [-0.39, 0.29) is 11.2 Å². The van der Waals surface area contributed by atoms with Crippen molar-refractivity contribution in [3.05, 3.63) is 40.1 Å². The lowest BCUT2D eigenvalue weighted by Gasteiger charge is -2.30. The molecule has 3 aromatic rings. The molecular formula is C22H23NO2S. The van der Waals surface area contributed by atoms with Crippen molar-refractivity contribution in [2.45, 2.75) is 52.9 Å². The van der Waals surface area contributed by atoms with Gasteiger partial charge in [0.05, 0.1) is 17.5 Å². The first-order valence-electron chi connectivity index (χ1n) is 9.47. The smallest absolute Gasteiger partial charge is 0.166 e. The Bertz CT molecular complexity index is 1030. The molecule has 0 radical (unpaired) electrons. The van der Waals surface area contributed by atoms with E-state index in [2.05, 4.69) is 20.8 Å². The third-order valence-corrected chi connectivity index (χ3v) is 7.00. The average Bonchev–Trinajstić information content (AvgIpc) is 3.18. The average molecular weight is 365 g/mol. The highest BCUT2D eigenvalue weighted by Gasteiger charge is 2.37. The van der Waals surface area contributed by atoms with E-state index in [9.17, 15) is 4.79 Å². The molecule has 0 aromatic carbocycles. The van der Waals surface area contributed by atoms with Gasteiger partial charge in [-0.3, -0.25) is 4.79 Å². The Kier molecular flexibility index (Phi) is 3.45. The number of carbonyl (C=O) groups excluding carboxylic acids is 1. The van der Waals surface area contributed by atoms with Gasteiger partial charge in [0.15, 0.2) is 5.78 Å². The molecule has 0 spiro atoms. The summed E-state index contributed by atoms with van der Waals surface area (Å²) in [5.74, 6) is 1.74. The van der Waals surface area contributed by atoms with Crippen molar-refractivity contribution in [3.63, 3.8) is 0 Å². The van der Waals surface area contributed by atoms with Crippen molar-refractivity contribution in [1.82, 2.24) is 4.98 Å². The molecule has 5 rings (SSSR count). The zero-order valence-electron chi connectivity index (χ0n) is 15.5. The van der Waals surface area contributed by atoms with Crippen LogP contribution in [-0.4, -0.2) is 10.8 Å². The zero-order valence-corrected chi connectivity index (χ0v) is 16.3. The highest BCUT2D eigenvalue weighted by atomic mass is 32.1. The van der Waals surface area contributed by atoms with E-state index in [4.69, 9.17) is 9.40 Å². The molecular weight excluding hydrogens is 342 g/mol. The van der Waals surface area contributed by atoms with Crippen LogP contribution < -0.4 is 0 Å². The Morgan fingerprint density at radius 3 is 2.88 bits per heavy atom. The van der Waals surface area contributed by atoms with Gasteiger partial charge in [0, 0.05) is 22.2 Å². The van der Waals surface area contributed by atoms with Crippen LogP contribution in [0.1, 0.15) is 60.1 Å². The Hall–Kier alpha value is -1.94. The summed E-state index contributed by atoms with van der Waals surface area (Å²) in [4.78, 5) is 20.7. The standard InChI is InChI=1S/C22H23NO2S/c1-12-6-7-13-17(9-12)26-21-18(13)20(16-5-4-8-25-16)19-14(23-21)10-22(2,3)11-15(19)24/h4-5,8,12H,6-7,9-11H2,1-3H3/t12-/m0/s1. The molecule has 3 nitrogen and oxygen atoms in total. The van der Waals surface area contributed by atoms with Gasteiger partial charge in [-0.15, -0.1) is 11.3 Å². The summed E-state index contributed by atoms with van der Waals surface area (Å²) >= 11 is 1.83. The van der Waals surface area contributed by atoms with Crippen molar-refractivity contribution in [3.8, 4) is 11.3 Å². The Balaban J connectivity index is 1.87. The van der Waals surface area contributed by atoms with Crippen LogP contribution in [0.15, 0.2) is 22.8 Å². The van der Waals surface area contributed by atoms with Gasteiger partial charge in [-0.05, 0) is 54.7 Å². The number of hydrogen-bond acceptors (Lipinski definition) is 4. The molecule has 134 valence electrons. The number of nitrogens with zero attached hydrogens (tertiary/aromatic N) is 1. The van der Waals surface area contributed by atoms with Gasteiger partial charge >= 0.3 is 0 Å². The molecule has 3 heterocycles. The lowest BCUT2D eigenvalue weighted by molar-refractivity contribution is 0.0911. The normalized spacial score (nSPS) is 21.7. The molecule has 2 aliphatic rings. The van der Waals surface area contributed by atoms with Gasteiger partial charge in [-0.25, -0.2) is 4.98 Å². The molecule has 2 aliphatic carbocycles. The van der Waals surface area contributed by atoms with E-state index in [1.54, 1.807) is 6.26 Å². The van der Waals surface area contributed by atoms with E-state index in [0.29, 0.717) is 6.42 Å². The SMILES string of the molecule is C[C@H]1CCc2c(sc3nc4c(c(-c5ccco5)c23)C(=O)CC(C)(C)C4)C1. The van der Waals surface area contributed by atoms with Crippen LogP contribution in [0.5, 0.6) is 0 Å². The van der Waals surface area contributed by atoms with Crippen LogP contribution in [0.3, 0.4) is 0 Å². The van der Waals surface area contributed by atoms with Crippen LogP contribution >= 0.6 is 11.3 Å². The highest BCUT2D eigenvalue weighted by molar-refractivity contribution is 7.19. The van der Waals surface area contributed by atoms with Gasteiger partial charge in [-0.2, -0.15) is 0 Å². The number of aromatic nitrogens is 1. The second-order valence-corrected chi connectivity index (χ2v) is 9.84. The van der Waals surface area contributed by atoms with E-state index in [1.807, 2.05) is 23.5 Å². The Morgan fingerprint density at radius 2 is 2.12 bits per heavy atom. The van der Waals surface area contributed by atoms with Crippen molar-refractivity contribution in [1.29, 1.82) is 0 Å². The zero-order chi connectivity index (χ0) is 18.1. The second-order valence-electron chi connectivity index (χ2n) is 8.76. The van der Waals surface area contributed by atoms with Gasteiger partial charge in [0.2, 0.25) is 0 Å². The number of rotatable bonds is 1. The van der Waals surface area contributed by atoms with E-state index in [1.165, 1.54) is 22.2 Å². The maximum absolute atomic E-state index is 13.1. The highest BCUT2D eigenvalue weighted by Crippen LogP contribution is 2.47. The number of fused-ring (bicyclic) bond motifs is 4. The minimum absolute atomic E-state index is 0.0312. The summed E-state index contributed by atoms with van der Waals surface area (Å²) in [7, 11) is 0. The topological polar surface area (TPSA) is 43.1 Å². The molecule has 0 saturated carbocycles. The summed E-state index contributed by atoms with van der Waals surface area (Å²) in [6.07, 6.45) is 6.52. The quantitative estimate of drug-likeness (QED) is 0.544. The monoisotopic (exact) mass is 365 g/mol. The summed E-state index contributed by atoms with van der Waals surface area (Å²) in [5, 5.41) is 1.18. The summed E-state index contributed by atoms with van der Waals surface area (Å²) < 4.78 is 5.80. The van der Waals surface area contributed by atoms with Crippen molar-refractivity contribution < 1.29 is 9.21 Å². The fourth-order valence-electron chi connectivity index (χ4n) is 4.66. The molecule has 0 bridgehead atoms. The first kappa shape index (κ1) is 16.2. The molecule has 1 atom stereocenters. The van der Waals surface area contributed by atoms with Crippen LogP contribution in [0.2, 0.25) is 0 Å². The summed E-state index contributed by atoms with van der Waals surface area (Å²) in [6, 6.07) is 3.89. The number of thiophene rings is 1. The van der Waals surface area contributed by atoms with Gasteiger partial charge in [0.25, 0.3) is 0 Å². The van der Waals surface area contributed by atoms with Crippen LogP contribution in [0.25, 0.3) is 21.5 Å². The molecule has 0 unspecified atom stereocenters. The van der Waals surface area contributed by atoms with Crippen LogP contribution in [0, 0.1) is 11.3 Å². The van der Waals surface area contributed by atoms with Crippen molar-refractivity contribution in [2.75, 3.05) is 0 Å². The summed E-state index contributed by atoms with van der Waals surface area (Å²) in [6.45, 7) is 6.64. The molecule has 0 aliphatic heterocycles. The Labute approximate surface area is 157 Å². The third kappa shape index (κ3) is 2.38. The first-order valence-corrected chi connectivity index (χ1v) is 10.3. The maximum atomic E-state index is 13.1.